The molecule has 0 aliphatic rings. The third kappa shape index (κ3) is 1.45. The molecule has 3 nitrogen and oxygen atoms in total. The molecule has 0 fully saturated rings. The van der Waals surface area contributed by atoms with Crippen LogP contribution in [0.1, 0.15) is 5.56 Å². The van der Waals surface area contributed by atoms with Crippen LogP contribution < -0.4 is 5.43 Å². The first-order valence-electron chi connectivity index (χ1n) is 5.35. The summed E-state index contributed by atoms with van der Waals surface area (Å²) < 4.78 is 0.853. The second-order valence-corrected chi connectivity index (χ2v) is 4.82. The zero-order valence-corrected chi connectivity index (χ0v) is 10.8. The Balaban J connectivity index is 2.64. The number of rotatable bonds is 0. The van der Waals surface area contributed by atoms with Gasteiger partial charge in [0, 0.05) is 21.4 Å². The van der Waals surface area contributed by atoms with Crippen LogP contribution >= 0.6 is 15.9 Å². The third-order valence-electron chi connectivity index (χ3n) is 2.96. The standard InChI is InChI=1S/C14H7BrN2O/c15-12-5-11-13(10-4-2-1-3-9(10)12)17-7-8(6-16)14(11)18/h1-5,7H,(H,17,18). The maximum atomic E-state index is 12.1. The summed E-state index contributed by atoms with van der Waals surface area (Å²) in [5, 5.41) is 11.4. The highest BCUT2D eigenvalue weighted by Gasteiger charge is 2.09. The largest absolute Gasteiger partial charge is 0.359 e. The molecule has 1 aromatic heterocycles. The van der Waals surface area contributed by atoms with Crippen LogP contribution in [0.2, 0.25) is 0 Å². The average Bonchev–Trinajstić information content (AvgIpc) is 2.41. The second-order valence-electron chi connectivity index (χ2n) is 3.97. The number of nitriles is 1. The van der Waals surface area contributed by atoms with E-state index < -0.39 is 0 Å². The zero-order chi connectivity index (χ0) is 12.7. The van der Waals surface area contributed by atoms with Crippen LogP contribution in [0.25, 0.3) is 21.7 Å². The number of pyridine rings is 1. The molecule has 0 atom stereocenters. The molecule has 4 heteroatoms. The zero-order valence-electron chi connectivity index (χ0n) is 9.20. The van der Waals surface area contributed by atoms with Gasteiger partial charge in [0.15, 0.2) is 0 Å². The van der Waals surface area contributed by atoms with Gasteiger partial charge in [-0.15, -0.1) is 0 Å². The van der Waals surface area contributed by atoms with Crippen molar-refractivity contribution < 1.29 is 0 Å². The van der Waals surface area contributed by atoms with Gasteiger partial charge in [-0.2, -0.15) is 5.26 Å². The van der Waals surface area contributed by atoms with Gasteiger partial charge in [-0.3, -0.25) is 4.79 Å². The van der Waals surface area contributed by atoms with Crippen LogP contribution in [0.3, 0.4) is 0 Å². The number of halogens is 1. The topological polar surface area (TPSA) is 56.6 Å². The monoisotopic (exact) mass is 298 g/mol. The highest BCUT2D eigenvalue weighted by Crippen LogP contribution is 2.29. The Hall–Kier alpha value is -2.12. The van der Waals surface area contributed by atoms with Gasteiger partial charge < -0.3 is 4.98 Å². The predicted octanol–water partition coefficient (Wildman–Crippen LogP) is 3.32. The predicted molar refractivity (Wildman–Crippen MR) is 74.5 cm³/mol. The average molecular weight is 299 g/mol. The summed E-state index contributed by atoms with van der Waals surface area (Å²) >= 11 is 3.46. The summed E-state index contributed by atoms with van der Waals surface area (Å²) in [6, 6.07) is 11.5. The van der Waals surface area contributed by atoms with Crippen molar-refractivity contribution in [3.05, 3.63) is 56.8 Å². The molecule has 3 rings (SSSR count). The molecule has 0 bridgehead atoms. The third-order valence-corrected chi connectivity index (χ3v) is 3.62. The van der Waals surface area contributed by atoms with E-state index in [2.05, 4.69) is 20.9 Å². The molecule has 0 saturated heterocycles. The lowest BCUT2D eigenvalue weighted by Gasteiger charge is -2.05. The van der Waals surface area contributed by atoms with Crippen molar-refractivity contribution in [1.82, 2.24) is 4.98 Å². The Morgan fingerprint density at radius 2 is 1.89 bits per heavy atom. The number of nitrogens with one attached hydrogen (secondary N) is 1. The van der Waals surface area contributed by atoms with E-state index in [0.29, 0.717) is 5.39 Å². The molecule has 18 heavy (non-hydrogen) atoms. The summed E-state index contributed by atoms with van der Waals surface area (Å²) in [6.07, 6.45) is 1.46. The fraction of sp³-hybridized carbons (Fsp3) is 0. The molecular weight excluding hydrogens is 292 g/mol. The van der Waals surface area contributed by atoms with Gasteiger partial charge in [0.2, 0.25) is 5.43 Å². The number of nitrogens with zero attached hydrogens (tertiary/aromatic N) is 1. The molecule has 0 radical (unpaired) electrons. The van der Waals surface area contributed by atoms with E-state index in [1.165, 1.54) is 6.20 Å². The van der Waals surface area contributed by atoms with Crippen LogP contribution in [0.4, 0.5) is 0 Å². The van der Waals surface area contributed by atoms with E-state index >= 15 is 0 Å². The number of hydrogen-bond donors (Lipinski definition) is 1. The number of aromatic nitrogens is 1. The van der Waals surface area contributed by atoms with E-state index in [1.807, 2.05) is 30.3 Å². The van der Waals surface area contributed by atoms with Crippen molar-refractivity contribution in [2.75, 3.05) is 0 Å². The minimum Gasteiger partial charge on any atom is -0.359 e. The van der Waals surface area contributed by atoms with E-state index in [4.69, 9.17) is 5.26 Å². The normalized spacial score (nSPS) is 10.7. The Kier molecular flexibility index (Phi) is 2.42. The summed E-state index contributed by atoms with van der Waals surface area (Å²) in [5.41, 5.74) is 0.653. The molecule has 0 aliphatic carbocycles. The molecule has 0 spiro atoms. The lowest BCUT2D eigenvalue weighted by molar-refractivity contribution is 1.35. The smallest absolute Gasteiger partial charge is 0.207 e. The Morgan fingerprint density at radius 1 is 1.17 bits per heavy atom. The van der Waals surface area contributed by atoms with Crippen molar-refractivity contribution in [2.45, 2.75) is 0 Å². The first-order valence-corrected chi connectivity index (χ1v) is 6.14. The lowest BCUT2D eigenvalue weighted by Crippen LogP contribution is -2.07. The van der Waals surface area contributed by atoms with Gasteiger partial charge in [0.25, 0.3) is 0 Å². The van der Waals surface area contributed by atoms with E-state index in [9.17, 15) is 4.79 Å². The van der Waals surface area contributed by atoms with Crippen LogP contribution in [0.5, 0.6) is 0 Å². The number of H-pyrrole nitrogens is 1. The van der Waals surface area contributed by atoms with Crippen molar-refractivity contribution in [2.24, 2.45) is 0 Å². The maximum Gasteiger partial charge on any atom is 0.207 e. The lowest BCUT2D eigenvalue weighted by atomic mass is 10.0. The molecule has 86 valence electrons. The van der Waals surface area contributed by atoms with E-state index in [0.717, 1.165) is 20.8 Å². The van der Waals surface area contributed by atoms with Gasteiger partial charge >= 0.3 is 0 Å². The molecular formula is C14H7BrN2O. The molecule has 0 amide bonds. The number of hydrogen-bond acceptors (Lipinski definition) is 2. The quantitative estimate of drug-likeness (QED) is 0.647. The number of aromatic amines is 1. The SMILES string of the molecule is N#Cc1c[nH]c2c(cc(Br)c3ccccc32)c1=O. The maximum absolute atomic E-state index is 12.1. The van der Waals surface area contributed by atoms with Gasteiger partial charge in [-0.1, -0.05) is 40.2 Å². The summed E-state index contributed by atoms with van der Waals surface area (Å²) in [6.45, 7) is 0. The molecule has 0 aliphatic heterocycles. The summed E-state index contributed by atoms with van der Waals surface area (Å²) in [7, 11) is 0. The summed E-state index contributed by atoms with van der Waals surface area (Å²) in [4.78, 5) is 15.1. The Morgan fingerprint density at radius 3 is 2.61 bits per heavy atom. The van der Waals surface area contributed by atoms with E-state index in [-0.39, 0.29) is 11.0 Å². The minimum absolute atomic E-state index is 0.129. The molecule has 0 saturated carbocycles. The second kappa shape index (κ2) is 3.97. The Bertz CT molecular complexity index is 874. The first kappa shape index (κ1) is 11.0. The molecule has 0 unspecified atom stereocenters. The fourth-order valence-corrected chi connectivity index (χ4v) is 2.68. The highest BCUT2D eigenvalue weighted by atomic mass is 79.9. The van der Waals surface area contributed by atoms with Crippen LogP contribution in [-0.4, -0.2) is 4.98 Å². The van der Waals surface area contributed by atoms with Crippen molar-refractivity contribution >= 4 is 37.6 Å². The van der Waals surface area contributed by atoms with Crippen LogP contribution in [0, 0.1) is 11.3 Å². The molecule has 2 aromatic carbocycles. The van der Waals surface area contributed by atoms with E-state index in [1.54, 1.807) is 6.07 Å². The molecule has 3 aromatic rings. The molecule has 1 N–H and O–H groups in total. The van der Waals surface area contributed by atoms with Crippen molar-refractivity contribution in [1.29, 1.82) is 5.26 Å². The van der Waals surface area contributed by atoms with Gasteiger partial charge in [-0.25, -0.2) is 0 Å². The van der Waals surface area contributed by atoms with Crippen molar-refractivity contribution in [3.63, 3.8) is 0 Å². The fourth-order valence-electron chi connectivity index (χ4n) is 2.10. The number of benzene rings is 2. The van der Waals surface area contributed by atoms with Gasteiger partial charge in [-0.05, 0) is 11.5 Å². The Labute approximate surface area is 111 Å². The number of fused-ring (bicyclic) bond motifs is 3. The van der Waals surface area contributed by atoms with Gasteiger partial charge in [0.1, 0.15) is 11.6 Å². The van der Waals surface area contributed by atoms with Crippen LogP contribution in [0.15, 0.2) is 45.8 Å². The summed E-state index contributed by atoms with van der Waals surface area (Å²) in [5.74, 6) is 0. The van der Waals surface area contributed by atoms with Gasteiger partial charge in [0.05, 0.1) is 5.52 Å². The minimum atomic E-state index is -0.238. The highest BCUT2D eigenvalue weighted by molar-refractivity contribution is 9.10. The molecule has 1 heterocycles. The van der Waals surface area contributed by atoms with Crippen molar-refractivity contribution in [3.8, 4) is 6.07 Å². The van der Waals surface area contributed by atoms with Crippen LogP contribution in [-0.2, 0) is 0 Å². The first-order chi connectivity index (χ1) is 8.72.